The summed E-state index contributed by atoms with van der Waals surface area (Å²) in [6.45, 7) is 1.42. The lowest BCUT2D eigenvalue weighted by atomic mass is 10.2. The molecule has 7 heteroatoms. The second kappa shape index (κ2) is 5.34. The highest BCUT2D eigenvalue weighted by Crippen LogP contribution is 2.20. The van der Waals surface area contributed by atoms with Crippen molar-refractivity contribution >= 4 is 17.5 Å². The van der Waals surface area contributed by atoms with Crippen molar-refractivity contribution in [2.45, 2.75) is 13.5 Å². The van der Waals surface area contributed by atoms with Crippen LogP contribution in [0.3, 0.4) is 0 Å². The average molecular weight is 294 g/mol. The van der Waals surface area contributed by atoms with E-state index in [4.69, 9.17) is 17.3 Å². The first-order valence-electron chi connectivity index (χ1n) is 5.77. The van der Waals surface area contributed by atoms with Gasteiger partial charge in [0, 0.05) is 17.4 Å². The van der Waals surface area contributed by atoms with Gasteiger partial charge in [0.15, 0.2) is 0 Å². The molecular formula is C13H12ClN3O3. The number of nitrogens with zero attached hydrogens (tertiary/aromatic N) is 2. The highest BCUT2D eigenvalue weighted by molar-refractivity contribution is 6.31. The van der Waals surface area contributed by atoms with E-state index in [0.717, 1.165) is 4.57 Å². The summed E-state index contributed by atoms with van der Waals surface area (Å²) in [7, 11) is 0. The average Bonchev–Trinajstić information content (AvgIpc) is 2.39. The van der Waals surface area contributed by atoms with Gasteiger partial charge in [-0.05, 0) is 24.6 Å². The SMILES string of the molecule is Cc1c(Cl)cccc1-n1ccn(CC(N)=O)c(=O)c1=O. The van der Waals surface area contributed by atoms with Gasteiger partial charge in [0.2, 0.25) is 5.91 Å². The lowest BCUT2D eigenvalue weighted by Crippen LogP contribution is -2.41. The molecule has 0 aliphatic rings. The Balaban J connectivity index is 2.64. The predicted molar refractivity (Wildman–Crippen MR) is 75.2 cm³/mol. The van der Waals surface area contributed by atoms with E-state index in [-0.39, 0.29) is 6.54 Å². The smallest absolute Gasteiger partial charge is 0.320 e. The van der Waals surface area contributed by atoms with E-state index in [1.54, 1.807) is 25.1 Å². The molecule has 2 N–H and O–H groups in total. The van der Waals surface area contributed by atoms with Gasteiger partial charge in [0.25, 0.3) is 0 Å². The minimum Gasteiger partial charge on any atom is -0.368 e. The lowest BCUT2D eigenvalue weighted by Gasteiger charge is -2.11. The van der Waals surface area contributed by atoms with Crippen LogP contribution >= 0.6 is 11.6 Å². The Morgan fingerprint density at radius 1 is 1.25 bits per heavy atom. The zero-order chi connectivity index (χ0) is 14.9. The number of rotatable bonds is 3. The van der Waals surface area contributed by atoms with Crippen LogP contribution in [0, 0.1) is 6.92 Å². The molecule has 1 aromatic heterocycles. The molecule has 1 amide bonds. The number of nitrogens with two attached hydrogens (primary N) is 1. The molecule has 0 aliphatic heterocycles. The summed E-state index contributed by atoms with van der Waals surface area (Å²) in [5, 5.41) is 0.496. The minimum atomic E-state index is -0.814. The van der Waals surface area contributed by atoms with Crippen LogP contribution in [-0.2, 0) is 11.3 Å². The summed E-state index contributed by atoms with van der Waals surface area (Å²) in [6, 6.07) is 5.06. The molecule has 104 valence electrons. The van der Waals surface area contributed by atoms with Gasteiger partial charge in [0.05, 0.1) is 5.69 Å². The van der Waals surface area contributed by atoms with E-state index in [2.05, 4.69) is 0 Å². The van der Waals surface area contributed by atoms with Gasteiger partial charge in [-0.2, -0.15) is 0 Å². The van der Waals surface area contributed by atoms with Crippen LogP contribution < -0.4 is 16.9 Å². The topological polar surface area (TPSA) is 87.1 Å². The Kier molecular flexibility index (Phi) is 3.76. The monoisotopic (exact) mass is 293 g/mol. The van der Waals surface area contributed by atoms with E-state index >= 15 is 0 Å². The molecule has 20 heavy (non-hydrogen) atoms. The summed E-state index contributed by atoms with van der Waals surface area (Å²) in [5.41, 5.74) is 4.64. The van der Waals surface area contributed by atoms with Gasteiger partial charge in [-0.25, -0.2) is 0 Å². The highest BCUT2D eigenvalue weighted by atomic mass is 35.5. The Hall–Kier alpha value is -2.34. The molecule has 0 saturated carbocycles. The maximum absolute atomic E-state index is 12.1. The zero-order valence-corrected chi connectivity index (χ0v) is 11.4. The number of amides is 1. The second-order valence-electron chi connectivity index (χ2n) is 4.26. The molecule has 0 saturated heterocycles. The largest absolute Gasteiger partial charge is 0.368 e. The van der Waals surface area contributed by atoms with Crippen molar-refractivity contribution in [1.82, 2.24) is 9.13 Å². The van der Waals surface area contributed by atoms with Gasteiger partial charge in [-0.1, -0.05) is 17.7 Å². The van der Waals surface area contributed by atoms with E-state index in [9.17, 15) is 14.4 Å². The zero-order valence-electron chi connectivity index (χ0n) is 10.7. The van der Waals surface area contributed by atoms with Crippen molar-refractivity contribution in [3.63, 3.8) is 0 Å². The van der Waals surface area contributed by atoms with Crippen LogP contribution in [0.25, 0.3) is 5.69 Å². The van der Waals surface area contributed by atoms with E-state index in [0.29, 0.717) is 16.3 Å². The fourth-order valence-electron chi connectivity index (χ4n) is 1.85. The first-order chi connectivity index (χ1) is 9.41. The molecule has 2 rings (SSSR count). The molecule has 6 nitrogen and oxygen atoms in total. The Morgan fingerprint density at radius 3 is 2.60 bits per heavy atom. The first-order valence-corrected chi connectivity index (χ1v) is 6.15. The Labute approximate surface area is 119 Å². The summed E-state index contributed by atoms with van der Waals surface area (Å²) in [5.74, 6) is -0.691. The third-order valence-corrected chi connectivity index (χ3v) is 3.29. The molecule has 1 heterocycles. The number of halogens is 1. The van der Waals surface area contributed by atoms with Crippen molar-refractivity contribution in [1.29, 1.82) is 0 Å². The van der Waals surface area contributed by atoms with E-state index < -0.39 is 17.0 Å². The molecule has 2 aromatic rings. The molecule has 0 unspecified atom stereocenters. The third kappa shape index (κ3) is 2.50. The van der Waals surface area contributed by atoms with Crippen molar-refractivity contribution in [2.24, 2.45) is 5.73 Å². The van der Waals surface area contributed by atoms with Crippen LogP contribution in [0.5, 0.6) is 0 Å². The normalized spacial score (nSPS) is 10.5. The van der Waals surface area contributed by atoms with Crippen molar-refractivity contribution in [3.8, 4) is 5.69 Å². The standard InChI is InChI=1S/C13H12ClN3O3/c1-8-9(14)3-2-4-10(8)17-6-5-16(7-11(15)18)12(19)13(17)20/h2-6H,7H2,1H3,(H2,15,18). The number of aromatic nitrogens is 2. The Bertz CT molecular complexity index is 792. The Morgan fingerprint density at radius 2 is 1.95 bits per heavy atom. The maximum Gasteiger partial charge on any atom is 0.320 e. The quantitative estimate of drug-likeness (QED) is 0.833. The first kappa shape index (κ1) is 14.1. The molecule has 0 bridgehead atoms. The van der Waals surface area contributed by atoms with Gasteiger partial charge in [-0.15, -0.1) is 0 Å². The number of hydrogen-bond acceptors (Lipinski definition) is 3. The van der Waals surface area contributed by atoms with Crippen molar-refractivity contribution in [2.75, 3.05) is 0 Å². The maximum atomic E-state index is 12.1. The fraction of sp³-hybridized carbons (Fsp3) is 0.154. The van der Waals surface area contributed by atoms with E-state index in [1.807, 2.05) is 0 Å². The fourth-order valence-corrected chi connectivity index (χ4v) is 2.02. The molecule has 0 radical (unpaired) electrons. The lowest BCUT2D eigenvalue weighted by molar-refractivity contribution is -0.118. The van der Waals surface area contributed by atoms with Crippen LogP contribution in [0.15, 0.2) is 40.2 Å². The summed E-state index contributed by atoms with van der Waals surface area (Å²) < 4.78 is 2.17. The van der Waals surface area contributed by atoms with Gasteiger partial charge in [0.1, 0.15) is 6.54 Å². The molecular weight excluding hydrogens is 282 g/mol. The summed E-state index contributed by atoms with van der Waals surface area (Å²) in [4.78, 5) is 34.8. The minimum absolute atomic E-state index is 0.330. The molecule has 0 fully saturated rings. The molecule has 1 aromatic carbocycles. The van der Waals surface area contributed by atoms with Crippen LogP contribution in [0.2, 0.25) is 5.02 Å². The number of benzene rings is 1. The van der Waals surface area contributed by atoms with E-state index in [1.165, 1.54) is 17.0 Å². The van der Waals surface area contributed by atoms with Gasteiger partial charge >= 0.3 is 11.1 Å². The second-order valence-corrected chi connectivity index (χ2v) is 4.66. The summed E-state index contributed by atoms with van der Waals surface area (Å²) in [6.07, 6.45) is 2.75. The molecule has 0 spiro atoms. The third-order valence-electron chi connectivity index (χ3n) is 2.88. The number of carbonyl (C=O) groups excluding carboxylic acids is 1. The number of carbonyl (C=O) groups is 1. The summed E-state index contributed by atoms with van der Waals surface area (Å²) >= 11 is 6.00. The van der Waals surface area contributed by atoms with Gasteiger partial charge in [-0.3, -0.25) is 23.5 Å². The van der Waals surface area contributed by atoms with Crippen molar-refractivity contribution < 1.29 is 4.79 Å². The van der Waals surface area contributed by atoms with Crippen LogP contribution in [0.4, 0.5) is 0 Å². The molecule has 0 atom stereocenters. The van der Waals surface area contributed by atoms with Crippen LogP contribution in [-0.4, -0.2) is 15.0 Å². The van der Waals surface area contributed by atoms with Crippen LogP contribution in [0.1, 0.15) is 5.56 Å². The molecule has 0 aliphatic carbocycles. The van der Waals surface area contributed by atoms with Gasteiger partial charge < -0.3 is 5.73 Å². The number of primary amides is 1. The van der Waals surface area contributed by atoms with Crippen molar-refractivity contribution in [3.05, 3.63) is 61.9 Å². The number of hydrogen-bond donors (Lipinski definition) is 1. The highest BCUT2D eigenvalue weighted by Gasteiger charge is 2.10. The predicted octanol–water partition coefficient (Wildman–Crippen LogP) is 0.446.